The number of rotatable bonds is 12. The molecule has 0 radical (unpaired) electrons. The molecule has 3 aromatic carbocycles. The van der Waals surface area contributed by atoms with Gasteiger partial charge in [0.2, 0.25) is 11.8 Å². The van der Waals surface area contributed by atoms with E-state index in [-0.39, 0.29) is 23.4 Å². The number of hydrogen-bond acceptors (Lipinski definition) is 5. The summed E-state index contributed by atoms with van der Waals surface area (Å²) in [5, 5.41) is 2.87. The van der Waals surface area contributed by atoms with Crippen LogP contribution >= 0.6 is 0 Å². The molecule has 0 bridgehead atoms. The van der Waals surface area contributed by atoms with E-state index in [1.54, 1.807) is 37.3 Å². The molecule has 1 N–H and O–H groups in total. The Balaban J connectivity index is 1.99. The Morgan fingerprint density at radius 1 is 0.949 bits per heavy atom. The molecule has 0 fully saturated rings. The summed E-state index contributed by atoms with van der Waals surface area (Å²) in [6.07, 6.45) is 0.701. The Morgan fingerprint density at radius 3 is 2.13 bits per heavy atom. The van der Waals surface area contributed by atoms with Gasteiger partial charge in [-0.3, -0.25) is 13.9 Å². The Hall–Kier alpha value is -3.92. The second kappa shape index (κ2) is 13.2. The van der Waals surface area contributed by atoms with Crippen LogP contribution in [-0.4, -0.2) is 50.9 Å². The zero-order valence-corrected chi connectivity index (χ0v) is 23.3. The molecule has 3 aromatic rings. The van der Waals surface area contributed by atoms with Crippen LogP contribution in [0.2, 0.25) is 0 Å². The van der Waals surface area contributed by atoms with Gasteiger partial charge in [-0.1, -0.05) is 37.3 Å². The number of benzene rings is 3. The van der Waals surface area contributed by atoms with Crippen LogP contribution in [0.3, 0.4) is 0 Å². The Morgan fingerprint density at radius 2 is 1.56 bits per heavy atom. The van der Waals surface area contributed by atoms with E-state index in [0.29, 0.717) is 23.4 Å². The van der Waals surface area contributed by atoms with Crippen molar-refractivity contribution in [3.05, 3.63) is 90.2 Å². The van der Waals surface area contributed by atoms with Crippen molar-refractivity contribution in [2.24, 2.45) is 0 Å². The summed E-state index contributed by atoms with van der Waals surface area (Å²) in [6.45, 7) is 4.80. The Labute approximate surface area is 229 Å². The van der Waals surface area contributed by atoms with Gasteiger partial charge in [0.25, 0.3) is 10.0 Å². The second-order valence-corrected chi connectivity index (χ2v) is 11.0. The summed E-state index contributed by atoms with van der Waals surface area (Å²) in [7, 11) is -2.70. The molecule has 3 rings (SSSR count). The SMILES string of the molecule is CC[C@H](C)NC(=O)[C@H](C)N(Cc1ccc(F)cc1)C(=O)CN(c1ccccc1)S(=O)(=O)c1ccc(OC)cc1. The highest BCUT2D eigenvalue weighted by Crippen LogP contribution is 2.26. The van der Waals surface area contributed by atoms with Gasteiger partial charge < -0.3 is 15.0 Å². The molecule has 0 aromatic heterocycles. The van der Waals surface area contributed by atoms with Gasteiger partial charge >= 0.3 is 0 Å². The average Bonchev–Trinajstić information content (AvgIpc) is 2.95. The van der Waals surface area contributed by atoms with E-state index < -0.39 is 34.3 Å². The van der Waals surface area contributed by atoms with E-state index in [1.807, 2.05) is 13.8 Å². The molecule has 0 saturated heterocycles. The molecule has 2 atom stereocenters. The zero-order valence-electron chi connectivity index (χ0n) is 22.5. The number of methoxy groups -OCH3 is 1. The number of ether oxygens (including phenoxy) is 1. The third-order valence-electron chi connectivity index (χ3n) is 6.40. The molecule has 0 saturated carbocycles. The lowest BCUT2D eigenvalue weighted by Crippen LogP contribution is -2.52. The van der Waals surface area contributed by atoms with Crippen molar-refractivity contribution in [3.63, 3.8) is 0 Å². The lowest BCUT2D eigenvalue weighted by molar-refractivity contribution is -0.139. The maximum Gasteiger partial charge on any atom is 0.264 e. The highest BCUT2D eigenvalue weighted by molar-refractivity contribution is 7.92. The smallest absolute Gasteiger partial charge is 0.264 e. The number of nitrogens with one attached hydrogen (secondary N) is 1. The molecule has 0 aliphatic heterocycles. The van der Waals surface area contributed by atoms with Gasteiger partial charge in [0.05, 0.1) is 17.7 Å². The summed E-state index contributed by atoms with van der Waals surface area (Å²) in [5.74, 6) is -0.904. The molecular weight excluding hydrogens is 521 g/mol. The minimum atomic E-state index is -4.17. The third-order valence-corrected chi connectivity index (χ3v) is 8.19. The maximum atomic E-state index is 13.8. The molecule has 0 aliphatic rings. The highest BCUT2D eigenvalue weighted by atomic mass is 32.2. The van der Waals surface area contributed by atoms with Crippen LogP contribution in [-0.2, 0) is 26.2 Å². The fraction of sp³-hybridized carbons (Fsp3) is 0.310. The number of amides is 2. The van der Waals surface area contributed by atoms with E-state index in [2.05, 4.69) is 5.32 Å². The number of carbonyl (C=O) groups excluding carboxylic acids is 2. The number of hydrogen-bond donors (Lipinski definition) is 1. The molecule has 39 heavy (non-hydrogen) atoms. The van der Waals surface area contributed by atoms with Gasteiger partial charge in [-0.15, -0.1) is 0 Å². The Bertz CT molecular complexity index is 1350. The van der Waals surface area contributed by atoms with Gasteiger partial charge in [0.15, 0.2) is 0 Å². The van der Waals surface area contributed by atoms with Crippen molar-refractivity contribution >= 4 is 27.5 Å². The third kappa shape index (κ3) is 7.57. The van der Waals surface area contributed by atoms with Crippen LogP contribution in [0.1, 0.15) is 32.8 Å². The largest absolute Gasteiger partial charge is 0.497 e. The van der Waals surface area contributed by atoms with E-state index in [9.17, 15) is 22.4 Å². The molecule has 10 heteroatoms. The molecule has 0 aliphatic carbocycles. The second-order valence-electron chi connectivity index (χ2n) is 9.16. The number of sulfonamides is 1. The topological polar surface area (TPSA) is 96.0 Å². The van der Waals surface area contributed by atoms with Crippen LogP contribution in [0, 0.1) is 5.82 Å². The van der Waals surface area contributed by atoms with Crippen molar-refractivity contribution in [2.75, 3.05) is 18.0 Å². The monoisotopic (exact) mass is 555 g/mol. The molecule has 0 heterocycles. The van der Waals surface area contributed by atoms with Crippen LogP contribution in [0.15, 0.2) is 83.8 Å². The summed E-state index contributed by atoms with van der Waals surface area (Å²) < 4.78 is 47.2. The molecule has 208 valence electrons. The fourth-order valence-corrected chi connectivity index (χ4v) is 5.25. The van der Waals surface area contributed by atoms with Gasteiger partial charge in [-0.2, -0.15) is 0 Å². The predicted molar refractivity (Wildman–Crippen MR) is 148 cm³/mol. The van der Waals surface area contributed by atoms with Crippen molar-refractivity contribution in [1.82, 2.24) is 10.2 Å². The summed E-state index contributed by atoms with van der Waals surface area (Å²) in [4.78, 5) is 28.1. The minimum Gasteiger partial charge on any atom is -0.497 e. The lowest BCUT2D eigenvalue weighted by Gasteiger charge is -2.32. The molecule has 2 amide bonds. The number of para-hydroxylation sites is 1. The van der Waals surface area contributed by atoms with Gasteiger partial charge in [0.1, 0.15) is 24.2 Å². The quantitative estimate of drug-likeness (QED) is 0.358. The number of anilines is 1. The average molecular weight is 556 g/mol. The number of nitrogens with zero attached hydrogens (tertiary/aromatic N) is 2. The van der Waals surface area contributed by atoms with Crippen molar-refractivity contribution in [2.45, 2.75) is 50.7 Å². The number of carbonyl (C=O) groups is 2. The molecular formula is C29H34FN3O5S. The van der Waals surface area contributed by atoms with Crippen LogP contribution in [0.4, 0.5) is 10.1 Å². The van der Waals surface area contributed by atoms with Crippen LogP contribution in [0.25, 0.3) is 0 Å². The van der Waals surface area contributed by atoms with E-state index >= 15 is 0 Å². The lowest BCUT2D eigenvalue weighted by atomic mass is 10.1. The maximum absolute atomic E-state index is 13.8. The van der Waals surface area contributed by atoms with Crippen LogP contribution < -0.4 is 14.4 Å². The Kier molecular flexibility index (Phi) is 10.1. The van der Waals surface area contributed by atoms with E-state index in [1.165, 1.54) is 60.5 Å². The van der Waals surface area contributed by atoms with Gasteiger partial charge in [-0.25, -0.2) is 12.8 Å². The minimum absolute atomic E-state index is 0.0145. The first-order valence-corrected chi connectivity index (χ1v) is 14.1. The first-order chi connectivity index (χ1) is 18.6. The fourth-order valence-electron chi connectivity index (χ4n) is 3.83. The molecule has 0 spiro atoms. The first-order valence-electron chi connectivity index (χ1n) is 12.6. The van der Waals surface area contributed by atoms with E-state index in [0.717, 1.165) is 4.31 Å². The van der Waals surface area contributed by atoms with Crippen molar-refractivity contribution in [3.8, 4) is 5.75 Å². The summed E-state index contributed by atoms with van der Waals surface area (Å²) in [6, 6.07) is 18.7. The standard InChI is InChI=1S/C29H34FN3O5S/c1-5-21(2)31-29(35)22(3)32(19-23-11-13-24(30)14-12-23)28(34)20-33(25-9-7-6-8-10-25)39(36,37)27-17-15-26(38-4)16-18-27/h6-18,21-22H,5,19-20H2,1-4H3,(H,31,35)/t21-,22-/m0/s1. The van der Waals surface area contributed by atoms with Crippen molar-refractivity contribution in [1.29, 1.82) is 0 Å². The first kappa shape index (κ1) is 29.6. The summed E-state index contributed by atoms with van der Waals surface area (Å²) >= 11 is 0. The highest BCUT2D eigenvalue weighted by Gasteiger charge is 2.32. The zero-order chi connectivity index (χ0) is 28.6. The summed E-state index contributed by atoms with van der Waals surface area (Å²) in [5.41, 5.74) is 0.886. The molecule has 8 nitrogen and oxygen atoms in total. The number of halogens is 1. The molecule has 0 unspecified atom stereocenters. The van der Waals surface area contributed by atoms with Gasteiger partial charge in [0, 0.05) is 12.6 Å². The van der Waals surface area contributed by atoms with Crippen LogP contribution in [0.5, 0.6) is 5.75 Å². The van der Waals surface area contributed by atoms with Crippen molar-refractivity contribution < 1.29 is 27.1 Å². The predicted octanol–water partition coefficient (Wildman–Crippen LogP) is 4.36. The van der Waals surface area contributed by atoms with E-state index in [4.69, 9.17) is 4.74 Å². The van der Waals surface area contributed by atoms with Gasteiger partial charge in [-0.05, 0) is 74.4 Å². The normalized spacial score (nSPS) is 12.7.